The average Bonchev–Trinajstić information content (AvgIpc) is 2.85. The third-order valence-corrected chi connectivity index (χ3v) is 3.08. The van der Waals surface area contributed by atoms with Crippen LogP contribution in [0.5, 0.6) is 0 Å². The minimum absolute atomic E-state index is 0.360. The van der Waals surface area contributed by atoms with Gasteiger partial charge in [0.25, 0.3) is 0 Å². The molecule has 2 saturated carbocycles. The standard InChI is InChI=1S/C10H19NO/c12-10(6-2-1-3-7-10)8-11-9-4-5-9/h9,11-12H,1-8H2. The van der Waals surface area contributed by atoms with Crippen molar-refractivity contribution >= 4 is 0 Å². The summed E-state index contributed by atoms with van der Waals surface area (Å²) in [5.41, 5.74) is -0.360. The number of hydrogen-bond donors (Lipinski definition) is 2. The zero-order valence-corrected chi connectivity index (χ0v) is 7.68. The summed E-state index contributed by atoms with van der Waals surface area (Å²) in [4.78, 5) is 0. The van der Waals surface area contributed by atoms with Gasteiger partial charge in [0.1, 0.15) is 0 Å². The smallest absolute Gasteiger partial charge is 0.0771 e. The van der Waals surface area contributed by atoms with Crippen LogP contribution in [0.1, 0.15) is 44.9 Å². The number of hydrogen-bond acceptors (Lipinski definition) is 2. The van der Waals surface area contributed by atoms with Crippen LogP contribution in [0.3, 0.4) is 0 Å². The van der Waals surface area contributed by atoms with Crippen LogP contribution >= 0.6 is 0 Å². The van der Waals surface area contributed by atoms with E-state index in [0.717, 1.165) is 25.4 Å². The van der Waals surface area contributed by atoms with Crippen LogP contribution in [0.2, 0.25) is 0 Å². The van der Waals surface area contributed by atoms with E-state index in [9.17, 15) is 5.11 Å². The van der Waals surface area contributed by atoms with Crippen molar-refractivity contribution in [2.75, 3.05) is 6.54 Å². The predicted molar refractivity (Wildman–Crippen MR) is 49.1 cm³/mol. The molecule has 0 saturated heterocycles. The highest BCUT2D eigenvalue weighted by Gasteiger charge is 2.31. The minimum atomic E-state index is -0.360. The van der Waals surface area contributed by atoms with E-state index >= 15 is 0 Å². The van der Waals surface area contributed by atoms with Gasteiger partial charge in [0.15, 0.2) is 0 Å². The molecule has 2 N–H and O–H groups in total. The molecule has 0 radical (unpaired) electrons. The van der Waals surface area contributed by atoms with Gasteiger partial charge in [-0.2, -0.15) is 0 Å². The summed E-state index contributed by atoms with van der Waals surface area (Å²) in [6.45, 7) is 0.831. The molecular weight excluding hydrogens is 150 g/mol. The van der Waals surface area contributed by atoms with Crippen molar-refractivity contribution in [1.29, 1.82) is 0 Å². The summed E-state index contributed by atoms with van der Waals surface area (Å²) >= 11 is 0. The van der Waals surface area contributed by atoms with Gasteiger partial charge in [-0.15, -0.1) is 0 Å². The first-order valence-electron chi connectivity index (χ1n) is 5.24. The van der Waals surface area contributed by atoms with Gasteiger partial charge in [-0.25, -0.2) is 0 Å². The van der Waals surface area contributed by atoms with Crippen LogP contribution in [-0.4, -0.2) is 23.3 Å². The first-order valence-corrected chi connectivity index (χ1v) is 5.24. The van der Waals surface area contributed by atoms with Gasteiger partial charge in [0, 0.05) is 12.6 Å². The number of nitrogens with one attached hydrogen (secondary N) is 1. The van der Waals surface area contributed by atoms with Gasteiger partial charge in [0.05, 0.1) is 5.60 Å². The zero-order chi connectivity index (χ0) is 8.44. The maximum atomic E-state index is 10.1. The quantitative estimate of drug-likeness (QED) is 0.670. The van der Waals surface area contributed by atoms with Crippen LogP contribution in [0.15, 0.2) is 0 Å². The van der Waals surface area contributed by atoms with Crippen LogP contribution < -0.4 is 5.32 Å². The molecule has 0 amide bonds. The summed E-state index contributed by atoms with van der Waals surface area (Å²) < 4.78 is 0. The van der Waals surface area contributed by atoms with Gasteiger partial charge < -0.3 is 10.4 Å². The molecule has 2 aliphatic carbocycles. The third-order valence-electron chi connectivity index (χ3n) is 3.08. The molecule has 0 atom stereocenters. The lowest BCUT2D eigenvalue weighted by atomic mass is 9.85. The Hall–Kier alpha value is -0.0800. The maximum absolute atomic E-state index is 10.1. The molecule has 0 aromatic carbocycles. The molecule has 0 bridgehead atoms. The SMILES string of the molecule is OC1(CNC2CC2)CCCCC1. The third kappa shape index (κ3) is 2.20. The lowest BCUT2D eigenvalue weighted by Gasteiger charge is -2.32. The highest BCUT2D eigenvalue weighted by molar-refractivity contribution is 4.89. The molecule has 0 unspecified atom stereocenters. The van der Waals surface area contributed by atoms with Gasteiger partial charge in [-0.3, -0.25) is 0 Å². The van der Waals surface area contributed by atoms with E-state index in [1.165, 1.54) is 32.1 Å². The first-order chi connectivity index (χ1) is 5.79. The molecule has 0 aromatic heterocycles. The van der Waals surface area contributed by atoms with Gasteiger partial charge in [0.2, 0.25) is 0 Å². The molecule has 2 heteroatoms. The lowest BCUT2D eigenvalue weighted by Crippen LogP contribution is -2.42. The van der Waals surface area contributed by atoms with Crippen molar-refractivity contribution in [2.24, 2.45) is 0 Å². The Morgan fingerprint density at radius 3 is 2.42 bits per heavy atom. The van der Waals surface area contributed by atoms with Gasteiger partial charge in [-0.05, 0) is 25.7 Å². The van der Waals surface area contributed by atoms with Crippen LogP contribution in [0.25, 0.3) is 0 Å². The fourth-order valence-electron chi connectivity index (χ4n) is 2.01. The second-order valence-electron chi connectivity index (χ2n) is 4.44. The Morgan fingerprint density at radius 1 is 1.17 bits per heavy atom. The topological polar surface area (TPSA) is 32.3 Å². The van der Waals surface area contributed by atoms with E-state index < -0.39 is 0 Å². The molecule has 2 nitrogen and oxygen atoms in total. The summed E-state index contributed by atoms with van der Waals surface area (Å²) in [6, 6.07) is 0.732. The molecule has 0 aliphatic heterocycles. The normalized spacial score (nSPS) is 28.8. The van der Waals surface area contributed by atoms with Crippen molar-refractivity contribution in [3.05, 3.63) is 0 Å². The molecule has 0 spiro atoms. The number of aliphatic hydroxyl groups is 1. The van der Waals surface area contributed by atoms with E-state index in [2.05, 4.69) is 5.32 Å². The second kappa shape index (κ2) is 3.35. The molecule has 0 aromatic rings. The predicted octanol–water partition coefficient (Wildman–Crippen LogP) is 1.43. The monoisotopic (exact) mass is 169 g/mol. The van der Waals surface area contributed by atoms with Crippen molar-refractivity contribution in [3.63, 3.8) is 0 Å². The van der Waals surface area contributed by atoms with E-state index in [4.69, 9.17) is 0 Å². The van der Waals surface area contributed by atoms with Crippen molar-refractivity contribution < 1.29 is 5.11 Å². The van der Waals surface area contributed by atoms with Crippen LogP contribution in [0.4, 0.5) is 0 Å². The summed E-state index contributed by atoms with van der Waals surface area (Å²) in [7, 11) is 0. The fraction of sp³-hybridized carbons (Fsp3) is 1.00. The summed E-state index contributed by atoms with van der Waals surface area (Å²) in [5.74, 6) is 0. The van der Waals surface area contributed by atoms with Crippen LogP contribution in [0, 0.1) is 0 Å². The van der Waals surface area contributed by atoms with Gasteiger partial charge >= 0.3 is 0 Å². The largest absolute Gasteiger partial charge is 0.389 e. The highest BCUT2D eigenvalue weighted by atomic mass is 16.3. The maximum Gasteiger partial charge on any atom is 0.0771 e. The molecule has 2 aliphatic rings. The fourth-order valence-corrected chi connectivity index (χ4v) is 2.01. The Morgan fingerprint density at radius 2 is 1.83 bits per heavy atom. The Kier molecular flexibility index (Phi) is 2.37. The van der Waals surface area contributed by atoms with Crippen molar-refractivity contribution in [1.82, 2.24) is 5.32 Å². The lowest BCUT2D eigenvalue weighted by molar-refractivity contribution is 0.00463. The van der Waals surface area contributed by atoms with E-state index in [1.54, 1.807) is 0 Å². The Labute approximate surface area is 74.4 Å². The van der Waals surface area contributed by atoms with E-state index in [0.29, 0.717) is 0 Å². The Balaban J connectivity index is 1.73. The van der Waals surface area contributed by atoms with Gasteiger partial charge in [-0.1, -0.05) is 19.3 Å². The Bertz CT molecular complexity index is 148. The molecular formula is C10H19NO. The molecule has 70 valence electrons. The first kappa shape index (κ1) is 8.52. The van der Waals surface area contributed by atoms with Crippen LogP contribution in [-0.2, 0) is 0 Å². The minimum Gasteiger partial charge on any atom is -0.389 e. The zero-order valence-electron chi connectivity index (χ0n) is 7.68. The van der Waals surface area contributed by atoms with Crippen molar-refractivity contribution in [2.45, 2.75) is 56.6 Å². The van der Waals surface area contributed by atoms with Crippen molar-refractivity contribution in [3.8, 4) is 0 Å². The number of rotatable bonds is 3. The highest BCUT2D eigenvalue weighted by Crippen LogP contribution is 2.28. The molecule has 2 fully saturated rings. The summed E-state index contributed by atoms with van der Waals surface area (Å²) in [5, 5.41) is 13.5. The average molecular weight is 169 g/mol. The molecule has 2 rings (SSSR count). The van der Waals surface area contributed by atoms with E-state index in [-0.39, 0.29) is 5.60 Å². The van der Waals surface area contributed by atoms with E-state index in [1.807, 2.05) is 0 Å². The molecule has 12 heavy (non-hydrogen) atoms. The molecule has 0 heterocycles. The summed E-state index contributed by atoms with van der Waals surface area (Å²) in [6.07, 6.45) is 8.38. The second-order valence-corrected chi connectivity index (χ2v) is 4.44.